The molecule has 1 aromatic heterocycles. The number of furan rings is 1. The molecule has 1 aliphatic rings. The Labute approximate surface area is 243 Å². The number of sulfonamides is 1. The number of hydrogen-bond donors (Lipinski definition) is 1. The maximum atomic E-state index is 13.2. The molecule has 42 heavy (non-hydrogen) atoms. The number of halogens is 1. The first-order valence-electron chi connectivity index (χ1n) is 12.9. The molecule has 0 spiro atoms. The molecule has 1 aliphatic heterocycles. The van der Waals surface area contributed by atoms with Crippen molar-refractivity contribution in [1.29, 1.82) is 0 Å². The Hall–Kier alpha value is -3.94. The number of anilines is 1. The Morgan fingerprint density at radius 3 is 2.21 bits per heavy atom. The average Bonchev–Trinajstić information content (AvgIpc) is 3.22. The zero-order chi connectivity index (χ0) is 30.4. The molecule has 3 aromatic carbocycles. The predicted molar refractivity (Wildman–Crippen MR) is 157 cm³/mol. The molecule has 0 fully saturated rings. The number of carbonyl (C=O) groups is 1. The van der Waals surface area contributed by atoms with Gasteiger partial charge in [-0.25, -0.2) is 21.2 Å². The van der Waals surface area contributed by atoms with Crippen molar-refractivity contribution >= 4 is 42.4 Å². The largest absolute Gasteiger partial charge is 0.457 e. The maximum Gasteiger partial charge on any atom is 0.255 e. The van der Waals surface area contributed by atoms with E-state index in [0.717, 1.165) is 16.8 Å². The molecule has 0 radical (unpaired) electrons. The highest BCUT2D eigenvalue weighted by Gasteiger charge is 2.35. The van der Waals surface area contributed by atoms with Crippen molar-refractivity contribution < 1.29 is 39.9 Å². The van der Waals surface area contributed by atoms with Gasteiger partial charge in [-0.1, -0.05) is 0 Å². The molecule has 13 heteroatoms. The van der Waals surface area contributed by atoms with E-state index in [0.29, 0.717) is 28.0 Å². The van der Waals surface area contributed by atoms with Crippen LogP contribution in [-0.4, -0.2) is 60.7 Å². The first-order chi connectivity index (χ1) is 19.7. The molecule has 5 rings (SSSR count). The second-order valence-corrected chi connectivity index (χ2v) is 14.3. The summed E-state index contributed by atoms with van der Waals surface area (Å²) in [6, 6.07) is 15.5. The van der Waals surface area contributed by atoms with E-state index in [1.165, 1.54) is 37.4 Å². The number of nitrogens with one attached hydrogen (secondary N) is 1. The van der Waals surface area contributed by atoms with E-state index < -0.39 is 38.0 Å². The molecule has 1 amide bonds. The van der Waals surface area contributed by atoms with Crippen molar-refractivity contribution in [1.82, 2.24) is 5.32 Å². The molecule has 0 unspecified atom stereocenters. The lowest BCUT2D eigenvalue weighted by atomic mass is 10.0. The highest BCUT2D eigenvalue weighted by molar-refractivity contribution is 7.92. The summed E-state index contributed by atoms with van der Waals surface area (Å²) >= 11 is 0. The zero-order valence-corrected chi connectivity index (χ0v) is 24.9. The van der Waals surface area contributed by atoms with E-state index in [-0.39, 0.29) is 40.7 Å². The minimum absolute atomic E-state index is 0.208. The number of fused-ring (bicyclic) bond motifs is 2. The SMILES string of the molecule is CNC(=O)c1c(-c2ccc(Oc3ccc(F)cc3)cc2)oc2cc3c(cc12)[C@H](C)O[C@H](CS(C)(=O)=O)CN3S(C)(=O)=O. The van der Waals surface area contributed by atoms with Crippen LogP contribution in [0.15, 0.2) is 65.1 Å². The Morgan fingerprint density at radius 2 is 1.64 bits per heavy atom. The number of ether oxygens (including phenoxy) is 2. The molecular weight excluding hydrogens is 587 g/mol. The third-order valence-corrected chi connectivity index (χ3v) is 8.94. The van der Waals surface area contributed by atoms with Gasteiger partial charge in [-0.3, -0.25) is 9.10 Å². The monoisotopic (exact) mass is 616 g/mol. The van der Waals surface area contributed by atoms with Gasteiger partial charge < -0.3 is 19.2 Å². The molecule has 2 heterocycles. The van der Waals surface area contributed by atoms with Crippen LogP contribution >= 0.6 is 0 Å². The first-order valence-corrected chi connectivity index (χ1v) is 16.8. The van der Waals surface area contributed by atoms with Gasteiger partial charge in [0, 0.05) is 35.9 Å². The van der Waals surface area contributed by atoms with Crippen molar-refractivity contribution in [2.24, 2.45) is 0 Å². The van der Waals surface area contributed by atoms with Crippen LogP contribution in [0.3, 0.4) is 0 Å². The molecule has 222 valence electrons. The second kappa shape index (κ2) is 11.0. The summed E-state index contributed by atoms with van der Waals surface area (Å²) in [6.07, 6.45) is 0.498. The standard InChI is InChI=1S/C29H29FN2O8S2/c1-17-23-13-24-26(14-25(23)32(42(4,36)37)15-22(38-17)16-41(3,34)35)40-28(27(24)29(33)31-2)18-5-9-20(10-6-18)39-21-11-7-19(30)8-12-21/h5-14,17,22H,15-16H2,1-4H3,(H,31,33)/t17-,22-/m0/s1. The minimum atomic E-state index is -3.85. The summed E-state index contributed by atoms with van der Waals surface area (Å²) in [5.41, 5.74) is 1.79. The Balaban J connectivity index is 1.60. The van der Waals surface area contributed by atoms with Crippen molar-refractivity contribution in [3.63, 3.8) is 0 Å². The van der Waals surface area contributed by atoms with Gasteiger partial charge in [-0.2, -0.15) is 0 Å². The normalized spacial score (nSPS) is 17.5. The molecule has 1 N–H and O–H groups in total. The fraction of sp³-hybridized carbons (Fsp3) is 0.276. The van der Waals surface area contributed by atoms with E-state index in [4.69, 9.17) is 13.9 Å². The lowest BCUT2D eigenvalue weighted by Gasteiger charge is -2.24. The van der Waals surface area contributed by atoms with Crippen LogP contribution in [0.4, 0.5) is 10.1 Å². The zero-order valence-electron chi connectivity index (χ0n) is 23.3. The van der Waals surface area contributed by atoms with Gasteiger partial charge >= 0.3 is 0 Å². The van der Waals surface area contributed by atoms with Gasteiger partial charge in [-0.15, -0.1) is 0 Å². The number of carbonyl (C=O) groups excluding carboxylic acids is 1. The van der Waals surface area contributed by atoms with Crippen LogP contribution in [0.5, 0.6) is 11.5 Å². The Morgan fingerprint density at radius 1 is 1.02 bits per heavy atom. The first kappa shape index (κ1) is 29.5. The van der Waals surface area contributed by atoms with Crippen molar-refractivity contribution in [2.75, 3.05) is 36.2 Å². The van der Waals surface area contributed by atoms with Crippen LogP contribution < -0.4 is 14.4 Å². The lowest BCUT2D eigenvalue weighted by Crippen LogP contribution is -2.39. The Bertz CT molecular complexity index is 1870. The number of hydrogen-bond acceptors (Lipinski definition) is 8. The lowest BCUT2D eigenvalue weighted by molar-refractivity contribution is 0.0193. The van der Waals surface area contributed by atoms with E-state index in [1.807, 2.05) is 0 Å². The van der Waals surface area contributed by atoms with Crippen molar-refractivity contribution in [3.05, 3.63) is 77.6 Å². The molecule has 0 saturated carbocycles. The van der Waals surface area contributed by atoms with Crippen LogP contribution in [0.25, 0.3) is 22.3 Å². The fourth-order valence-electron chi connectivity index (χ4n) is 4.99. The summed E-state index contributed by atoms with van der Waals surface area (Å²) < 4.78 is 82.1. The van der Waals surface area contributed by atoms with Gasteiger partial charge in [0.15, 0.2) is 0 Å². The number of sulfone groups is 1. The van der Waals surface area contributed by atoms with Gasteiger partial charge in [0.05, 0.1) is 42.0 Å². The minimum Gasteiger partial charge on any atom is -0.457 e. The quantitative estimate of drug-likeness (QED) is 0.317. The van der Waals surface area contributed by atoms with Gasteiger partial charge in [0.25, 0.3) is 5.91 Å². The third-order valence-electron chi connectivity index (χ3n) is 6.82. The van der Waals surface area contributed by atoms with Crippen LogP contribution in [-0.2, 0) is 24.6 Å². The van der Waals surface area contributed by atoms with E-state index in [2.05, 4.69) is 5.32 Å². The number of amides is 1. The third kappa shape index (κ3) is 6.13. The Kier molecular flexibility index (Phi) is 7.77. The molecule has 2 atom stereocenters. The number of rotatable bonds is 7. The molecule has 10 nitrogen and oxygen atoms in total. The fourth-order valence-corrected chi connectivity index (χ4v) is 6.80. The highest BCUT2D eigenvalue weighted by atomic mass is 32.2. The maximum absolute atomic E-state index is 13.2. The molecule has 0 aliphatic carbocycles. The van der Waals surface area contributed by atoms with Crippen LogP contribution in [0, 0.1) is 5.82 Å². The topological polar surface area (TPSA) is 132 Å². The smallest absolute Gasteiger partial charge is 0.255 e. The second-order valence-electron chi connectivity index (χ2n) is 10.2. The average molecular weight is 617 g/mol. The van der Waals surface area contributed by atoms with Crippen LogP contribution in [0.1, 0.15) is 28.9 Å². The summed E-state index contributed by atoms with van der Waals surface area (Å²) in [5.74, 6) is 0.0249. The summed E-state index contributed by atoms with van der Waals surface area (Å²) in [7, 11) is -5.83. The molecule has 4 aromatic rings. The summed E-state index contributed by atoms with van der Waals surface area (Å²) in [4.78, 5) is 13.1. The molecule has 0 saturated heterocycles. The van der Waals surface area contributed by atoms with E-state index >= 15 is 0 Å². The van der Waals surface area contributed by atoms with Crippen molar-refractivity contribution in [3.8, 4) is 22.8 Å². The summed E-state index contributed by atoms with van der Waals surface area (Å²) in [5, 5.41) is 3.06. The number of benzene rings is 3. The van der Waals surface area contributed by atoms with E-state index in [9.17, 15) is 26.0 Å². The molecule has 0 bridgehead atoms. The number of nitrogens with zero attached hydrogens (tertiary/aromatic N) is 1. The van der Waals surface area contributed by atoms with Gasteiger partial charge in [0.2, 0.25) is 10.0 Å². The van der Waals surface area contributed by atoms with Crippen molar-refractivity contribution in [2.45, 2.75) is 19.1 Å². The highest BCUT2D eigenvalue weighted by Crippen LogP contribution is 2.42. The van der Waals surface area contributed by atoms with E-state index in [1.54, 1.807) is 37.3 Å². The summed E-state index contributed by atoms with van der Waals surface area (Å²) in [6.45, 7) is 1.49. The van der Waals surface area contributed by atoms with Gasteiger partial charge in [0.1, 0.15) is 38.5 Å². The predicted octanol–water partition coefficient (Wildman–Crippen LogP) is 4.66. The molecular formula is C29H29FN2O8S2. The van der Waals surface area contributed by atoms with Crippen LogP contribution in [0.2, 0.25) is 0 Å². The van der Waals surface area contributed by atoms with Gasteiger partial charge in [-0.05, 0) is 61.5 Å².